The molecule has 3 aliphatic carbocycles. The van der Waals surface area contributed by atoms with Crippen molar-refractivity contribution in [2.45, 2.75) is 57.5 Å². The molecule has 5 rings (SSSR count). The van der Waals surface area contributed by atoms with Crippen molar-refractivity contribution >= 4 is 5.97 Å². The summed E-state index contributed by atoms with van der Waals surface area (Å²) in [6.45, 7) is 2.39. The highest BCUT2D eigenvalue weighted by molar-refractivity contribution is 5.91. The van der Waals surface area contributed by atoms with Crippen LogP contribution in [0, 0.1) is 17.3 Å². The average molecular weight is 376 g/mol. The summed E-state index contributed by atoms with van der Waals surface area (Å²) < 4.78 is 5.63. The minimum Gasteiger partial charge on any atom is -0.423 e. The van der Waals surface area contributed by atoms with Crippen LogP contribution in [0.15, 0.2) is 48.5 Å². The minimum atomic E-state index is -0.303. The molecule has 0 aromatic heterocycles. The van der Waals surface area contributed by atoms with Crippen LogP contribution in [0.2, 0.25) is 0 Å². The SMILES string of the molecule is C[C@]12CC[C@@H]3c4ccc(OC(=O)c5ccccc5)cc4CC[C@H]3[C@@H]1CC(O)C2. The van der Waals surface area contributed by atoms with Gasteiger partial charge in [0.1, 0.15) is 5.75 Å². The quantitative estimate of drug-likeness (QED) is 0.584. The lowest BCUT2D eigenvalue weighted by atomic mass is 9.56. The normalized spacial score (nSPS) is 33.5. The molecule has 28 heavy (non-hydrogen) atoms. The molecule has 5 atom stereocenters. The fourth-order valence-corrected chi connectivity index (χ4v) is 6.38. The van der Waals surface area contributed by atoms with Gasteiger partial charge in [-0.05, 0) is 97.1 Å². The van der Waals surface area contributed by atoms with Crippen LogP contribution in [0.3, 0.4) is 0 Å². The number of benzene rings is 2. The van der Waals surface area contributed by atoms with Gasteiger partial charge in [0.25, 0.3) is 0 Å². The summed E-state index contributed by atoms with van der Waals surface area (Å²) in [5, 5.41) is 10.3. The van der Waals surface area contributed by atoms with Gasteiger partial charge in [0.05, 0.1) is 11.7 Å². The number of hydrogen-bond donors (Lipinski definition) is 1. The number of fused-ring (bicyclic) bond motifs is 5. The molecule has 0 radical (unpaired) electrons. The maximum atomic E-state index is 12.4. The van der Waals surface area contributed by atoms with Gasteiger partial charge in [0, 0.05) is 0 Å². The third kappa shape index (κ3) is 2.97. The maximum absolute atomic E-state index is 12.4. The zero-order valence-corrected chi connectivity index (χ0v) is 16.4. The molecule has 3 aliphatic rings. The van der Waals surface area contributed by atoms with Crippen LogP contribution in [0.4, 0.5) is 0 Å². The average Bonchev–Trinajstić information content (AvgIpc) is 3.02. The van der Waals surface area contributed by atoms with E-state index < -0.39 is 0 Å². The smallest absolute Gasteiger partial charge is 0.343 e. The number of carbonyl (C=O) groups excluding carboxylic acids is 1. The largest absolute Gasteiger partial charge is 0.423 e. The summed E-state index contributed by atoms with van der Waals surface area (Å²) in [6.07, 6.45) is 6.47. The third-order valence-electron chi connectivity index (χ3n) is 7.66. The molecule has 1 N–H and O–H groups in total. The molecule has 146 valence electrons. The van der Waals surface area contributed by atoms with Gasteiger partial charge in [-0.3, -0.25) is 0 Å². The Labute approximate surface area is 166 Å². The van der Waals surface area contributed by atoms with E-state index in [0.29, 0.717) is 34.5 Å². The molecule has 2 aromatic carbocycles. The van der Waals surface area contributed by atoms with Gasteiger partial charge in [0.15, 0.2) is 0 Å². The van der Waals surface area contributed by atoms with Crippen LogP contribution in [-0.2, 0) is 6.42 Å². The van der Waals surface area contributed by atoms with Crippen LogP contribution in [0.1, 0.15) is 66.4 Å². The molecular formula is C25H28O3. The lowest BCUT2D eigenvalue weighted by Crippen LogP contribution is -2.39. The highest BCUT2D eigenvalue weighted by atomic mass is 16.5. The van der Waals surface area contributed by atoms with E-state index in [9.17, 15) is 9.90 Å². The number of aliphatic hydroxyl groups is 1. The summed E-state index contributed by atoms with van der Waals surface area (Å²) >= 11 is 0. The number of ether oxygens (including phenoxy) is 1. The van der Waals surface area contributed by atoms with Crippen molar-refractivity contribution in [3.05, 3.63) is 65.2 Å². The molecule has 0 amide bonds. The molecule has 2 fully saturated rings. The second-order valence-electron chi connectivity index (χ2n) is 9.32. The van der Waals surface area contributed by atoms with Gasteiger partial charge >= 0.3 is 5.97 Å². The molecule has 0 spiro atoms. The Kier molecular flexibility index (Phi) is 4.31. The monoisotopic (exact) mass is 376 g/mol. The first kappa shape index (κ1) is 17.9. The number of hydrogen-bond acceptors (Lipinski definition) is 3. The summed E-state index contributed by atoms with van der Waals surface area (Å²) in [5.41, 5.74) is 3.68. The first-order chi connectivity index (χ1) is 13.5. The van der Waals surface area contributed by atoms with Crippen molar-refractivity contribution in [2.24, 2.45) is 17.3 Å². The Morgan fingerprint density at radius 1 is 1.14 bits per heavy atom. The Morgan fingerprint density at radius 2 is 1.96 bits per heavy atom. The molecule has 3 nitrogen and oxygen atoms in total. The summed E-state index contributed by atoms with van der Waals surface area (Å²) in [6, 6.07) is 15.4. The van der Waals surface area contributed by atoms with E-state index in [-0.39, 0.29) is 12.1 Å². The second-order valence-corrected chi connectivity index (χ2v) is 9.32. The number of carbonyl (C=O) groups is 1. The topological polar surface area (TPSA) is 46.5 Å². The molecule has 2 aromatic rings. The zero-order chi connectivity index (χ0) is 19.3. The van der Waals surface area contributed by atoms with Gasteiger partial charge in [-0.2, -0.15) is 0 Å². The Balaban J connectivity index is 1.37. The molecule has 0 aliphatic heterocycles. The lowest BCUT2D eigenvalue weighted by Gasteiger charge is -2.49. The maximum Gasteiger partial charge on any atom is 0.343 e. The number of esters is 1. The van der Waals surface area contributed by atoms with E-state index in [2.05, 4.69) is 19.1 Å². The van der Waals surface area contributed by atoms with Gasteiger partial charge in [-0.1, -0.05) is 31.2 Å². The van der Waals surface area contributed by atoms with Crippen molar-refractivity contribution in [3.63, 3.8) is 0 Å². The number of rotatable bonds is 2. The minimum absolute atomic E-state index is 0.116. The predicted molar refractivity (Wildman–Crippen MR) is 108 cm³/mol. The highest BCUT2D eigenvalue weighted by Gasteiger charge is 2.52. The van der Waals surface area contributed by atoms with Crippen molar-refractivity contribution in [1.82, 2.24) is 0 Å². The number of aryl methyl sites for hydroxylation is 1. The lowest BCUT2D eigenvalue weighted by molar-refractivity contribution is 0.0594. The van der Waals surface area contributed by atoms with Crippen molar-refractivity contribution in [2.75, 3.05) is 0 Å². The fourth-order valence-electron chi connectivity index (χ4n) is 6.38. The van der Waals surface area contributed by atoms with Gasteiger partial charge in [-0.25, -0.2) is 4.79 Å². The van der Waals surface area contributed by atoms with E-state index in [0.717, 1.165) is 19.3 Å². The van der Waals surface area contributed by atoms with Crippen molar-refractivity contribution in [3.8, 4) is 5.75 Å². The van der Waals surface area contributed by atoms with Gasteiger partial charge in [0.2, 0.25) is 0 Å². The van der Waals surface area contributed by atoms with Crippen molar-refractivity contribution < 1.29 is 14.6 Å². The molecule has 1 unspecified atom stereocenters. The summed E-state index contributed by atoms with van der Waals surface area (Å²) in [5.74, 6) is 2.25. The third-order valence-corrected chi connectivity index (χ3v) is 7.66. The van der Waals surface area contributed by atoms with Crippen molar-refractivity contribution in [1.29, 1.82) is 0 Å². The van der Waals surface area contributed by atoms with E-state index in [1.807, 2.05) is 24.3 Å². The summed E-state index contributed by atoms with van der Waals surface area (Å²) in [7, 11) is 0. The van der Waals surface area contributed by atoms with E-state index >= 15 is 0 Å². The molecule has 0 heterocycles. The zero-order valence-electron chi connectivity index (χ0n) is 16.4. The van der Waals surface area contributed by atoms with E-state index in [4.69, 9.17) is 4.74 Å². The molecule has 0 saturated heterocycles. The Hall–Kier alpha value is -2.13. The van der Waals surface area contributed by atoms with Crippen LogP contribution in [0.25, 0.3) is 0 Å². The molecule has 2 saturated carbocycles. The van der Waals surface area contributed by atoms with Gasteiger partial charge < -0.3 is 9.84 Å². The van der Waals surface area contributed by atoms with E-state index in [1.165, 1.54) is 30.4 Å². The first-order valence-electron chi connectivity index (χ1n) is 10.6. The Bertz CT molecular complexity index is 890. The van der Waals surface area contributed by atoms with Crippen LogP contribution in [-0.4, -0.2) is 17.2 Å². The summed E-state index contributed by atoms with van der Waals surface area (Å²) in [4.78, 5) is 12.4. The van der Waals surface area contributed by atoms with Crippen LogP contribution < -0.4 is 4.74 Å². The highest BCUT2D eigenvalue weighted by Crippen LogP contribution is 2.60. The van der Waals surface area contributed by atoms with E-state index in [1.54, 1.807) is 12.1 Å². The molecular weight excluding hydrogens is 348 g/mol. The first-order valence-corrected chi connectivity index (χ1v) is 10.6. The standard InChI is InChI=1S/C25H28O3/c1-25-12-11-21-20-10-8-19(28-24(27)16-5-3-2-4-6-16)13-17(20)7-9-22(21)23(25)14-18(26)15-25/h2-6,8,10,13,18,21-23,26H,7,9,11-12,14-15H2,1H3/t18?,21-,22-,23+,25-/m1/s1. The molecule has 0 bridgehead atoms. The van der Waals surface area contributed by atoms with Crippen LogP contribution >= 0.6 is 0 Å². The van der Waals surface area contributed by atoms with Crippen LogP contribution in [0.5, 0.6) is 5.75 Å². The number of aliphatic hydroxyl groups excluding tert-OH is 1. The fraction of sp³-hybridized carbons (Fsp3) is 0.480. The molecule has 3 heteroatoms. The predicted octanol–water partition coefficient (Wildman–Crippen LogP) is 5.12. The second kappa shape index (κ2) is 6.73. The Morgan fingerprint density at radius 3 is 2.79 bits per heavy atom. The van der Waals surface area contributed by atoms with Gasteiger partial charge in [-0.15, -0.1) is 0 Å².